The van der Waals surface area contributed by atoms with Crippen LogP contribution in [-0.2, 0) is 20.3 Å². The van der Waals surface area contributed by atoms with Gasteiger partial charge >= 0.3 is 0 Å². The van der Waals surface area contributed by atoms with Crippen LogP contribution in [0.1, 0.15) is 32.3 Å². The van der Waals surface area contributed by atoms with E-state index < -0.39 is 9.05 Å². The summed E-state index contributed by atoms with van der Waals surface area (Å²) in [4.78, 5) is 13.9. The lowest BCUT2D eigenvalue weighted by Gasteiger charge is -2.19. The summed E-state index contributed by atoms with van der Waals surface area (Å²) >= 11 is 0. The summed E-state index contributed by atoms with van der Waals surface area (Å²) in [5.74, 6) is 0.128. The fourth-order valence-electron chi connectivity index (χ4n) is 1.96. The van der Waals surface area contributed by atoms with Crippen LogP contribution < -0.4 is 0 Å². The van der Waals surface area contributed by atoms with E-state index in [1.807, 2.05) is 18.7 Å². The molecule has 112 valence electrons. The van der Waals surface area contributed by atoms with Gasteiger partial charge < -0.3 is 4.90 Å². The minimum Gasteiger partial charge on any atom is -0.343 e. The largest absolute Gasteiger partial charge is 0.343 e. The van der Waals surface area contributed by atoms with Gasteiger partial charge in [-0.05, 0) is 37.5 Å². The molecule has 0 radical (unpaired) electrons. The molecule has 0 fully saturated rings. The third-order valence-corrected chi connectivity index (χ3v) is 4.43. The van der Waals surface area contributed by atoms with Gasteiger partial charge in [-0.25, -0.2) is 8.42 Å². The Bertz CT molecular complexity index is 540. The Labute approximate surface area is 125 Å². The number of hydrogen-bond donors (Lipinski definition) is 0. The van der Waals surface area contributed by atoms with E-state index in [4.69, 9.17) is 10.7 Å². The molecule has 0 unspecified atom stereocenters. The third-order valence-electron chi connectivity index (χ3n) is 3.06. The van der Waals surface area contributed by atoms with Crippen LogP contribution in [0.25, 0.3) is 0 Å². The number of rotatable bonds is 7. The van der Waals surface area contributed by atoms with Crippen molar-refractivity contribution in [3.8, 4) is 0 Å². The van der Waals surface area contributed by atoms with Crippen molar-refractivity contribution in [2.45, 2.75) is 38.0 Å². The quantitative estimate of drug-likeness (QED) is 0.727. The number of aryl methyl sites for hydroxylation is 1. The molecule has 0 saturated heterocycles. The van der Waals surface area contributed by atoms with Crippen molar-refractivity contribution < 1.29 is 13.2 Å². The van der Waals surface area contributed by atoms with Crippen molar-refractivity contribution in [3.05, 3.63) is 29.8 Å². The molecule has 0 atom stereocenters. The van der Waals surface area contributed by atoms with E-state index in [9.17, 15) is 13.2 Å². The van der Waals surface area contributed by atoms with Gasteiger partial charge in [-0.2, -0.15) is 0 Å². The van der Waals surface area contributed by atoms with Crippen LogP contribution in [0.2, 0.25) is 0 Å². The third kappa shape index (κ3) is 5.13. The van der Waals surface area contributed by atoms with Gasteiger partial charge in [0.15, 0.2) is 0 Å². The second-order valence-electron chi connectivity index (χ2n) is 4.56. The van der Waals surface area contributed by atoms with Crippen molar-refractivity contribution >= 4 is 25.6 Å². The maximum absolute atomic E-state index is 12.0. The number of halogens is 1. The van der Waals surface area contributed by atoms with Gasteiger partial charge in [-0.15, -0.1) is 0 Å². The van der Waals surface area contributed by atoms with Crippen molar-refractivity contribution in [1.29, 1.82) is 0 Å². The van der Waals surface area contributed by atoms with E-state index in [-0.39, 0.29) is 10.8 Å². The van der Waals surface area contributed by atoms with Crippen LogP contribution in [-0.4, -0.2) is 32.3 Å². The Hall–Kier alpha value is -1.07. The van der Waals surface area contributed by atoms with Crippen LogP contribution in [0.3, 0.4) is 0 Å². The smallest absolute Gasteiger partial charge is 0.261 e. The minimum atomic E-state index is -3.68. The molecule has 0 heterocycles. The Morgan fingerprint density at radius 3 is 2.25 bits per heavy atom. The highest BCUT2D eigenvalue weighted by atomic mass is 35.7. The first-order chi connectivity index (χ1) is 9.38. The molecule has 0 aromatic heterocycles. The Balaban J connectivity index is 2.60. The van der Waals surface area contributed by atoms with E-state index in [0.29, 0.717) is 12.8 Å². The molecule has 0 aliphatic carbocycles. The van der Waals surface area contributed by atoms with E-state index in [0.717, 1.165) is 25.1 Å². The molecule has 0 bridgehead atoms. The second-order valence-corrected chi connectivity index (χ2v) is 7.12. The number of benzene rings is 1. The highest BCUT2D eigenvalue weighted by Crippen LogP contribution is 2.16. The molecule has 0 aliphatic heterocycles. The zero-order valence-electron chi connectivity index (χ0n) is 11.8. The number of amides is 1. The predicted octanol–water partition coefficient (Wildman–Crippen LogP) is 2.81. The monoisotopic (exact) mass is 317 g/mol. The van der Waals surface area contributed by atoms with E-state index in [2.05, 4.69) is 0 Å². The number of hydrogen-bond acceptors (Lipinski definition) is 3. The van der Waals surface area contributed by atoms with Crippen molar-refractivity contribution in [1.82, 2.24) is 4.90 Å². The first kappa shape index (κ1) is 17.0. The molecule has 1 aromatic rings. The fraction of sp³-hybridized carbons (Fsp3) is 0.500. The lowest BCUT2D eigenvalue weighted by Crippen LogP contribution is -2.31. The Morgan fingerprint density at radius 2 is 1.80 bits per heavy atom. The van der Waals surface area contributed by atoms with Gasteiger partial charge in [-0.1, -0.05) is 19.1 Å². The highest BCUT2D eigenvalue weighted by Gasteiger charge is 2.12. The normalized spacial score (nSPS) is 11.3. The molecule has 0 N–H and O–H groups in total. The van der Waals surface area contributed by atoms with Crippen molar-refractivity contribution in [2.24, 2.45) is 0 Å². The van der Waals surface area contributed by atoms with E-state index in [1.54, 1.807) is 12.1 Å². The maximum atomic E-state index is 12.0. The SMILES string of the molecule is CCCN(CC)C(=O)CCc1ccc(S(=O)(=O)Cl)cc1. The molecule has 0 spiro atoms. The Kier molecular flexibility index (Phi) is 6.49. The molecule has 1 rings (SSSR count). The van der Waals surface area contributed by atoms with Crippen molar-refractivity contribution in [2.75, 3.05) is 13.1 Å². The first-order valence-corrected chi connectivity index (χ1v) is 9.00. The topological polar surface area (TPSA) is 54.5 Å². The van der Waals surface area contributed by atoms with Crippen LogP contribution in [0.4, 0.5) is 0 Å². The molecule has 20 heavy (non-hydrogen) atoms. The molecule has 6 heteroatoms. The number of nitrogens with zero attached hydrogens (tertiary/aromatic N) is 1. The summed E-state index contributed by atoms with van der Waals surface area (Å²) in [6.07, 6.45) is 1.98. The first-order valence-electron chi connectivity index (χ1n) is 6.69. The standard InChI is InChI=1S/C14H20ClNO3S/c1-3-11-16(4-2)14(17)10-7-12-5-8-13(9-6-12)20(15,18)19/h5-6,8-9H,3-4,7,10-11H2,1-2H3. The molecular formula is C14H20ClNO3S. The van der Waals surface area contributed by atoms with Gasteiger partial charge in [0.2, 0.25) is 5.91 Å². The summed E-state index contributed by atoms with van der Waals surface area (Å²) in [6.45, 7) is 5.50. The average molecular weight is 318 g/mol. The zero-order valence-corrected chi connectivity index (χ0v) is 13.4. The predicted molar refractivity (Wildman–Crippen MR) is 80.3 cm³/mol. The summed E-state index contributed by atoms with van der Waals surface area (Å²) in [6, 6.07) is 6.31. The maximum Gasteiger partial charge on any atom is 0.261 e. The van der Waals surface area contributed by atoms with E-state index >= 15 is 0 Å². The molecule has 1 aromatic carbocycles. The Morgan fingerprint density at radius 1 is 1.20 bits per heavy atom. The summed E-state index contributed by atoms with van der Waals surface area (Å²) in [5.41, 5.74) is 0.926. The van der Waals surface area contributed by atoms with Gasteiger partial charge in [0.25, 0.3) is 9.05 Å². The van der Waals surface area contributed by atoms with Gasteiger partial charge in [0, 0.05) is 30.2 Å². The second kappa shape index (κ2) is 7.64. The van der Waals surface area contributed by atoms with Gasteiger partial charge in [0.05, 0.1) is 4.90 Å². The summed E-state index contributed by atoms with van der Waals surface area (Å²) < 4.78 is 22.2. The van der Waals surface area contributed by atoms with Crippen LogP contribution in [0, 0.1) is 0 Å². The van der Waals surface area contributed by atoms with Crippen LogP contribution in [0.15, 0.2) is 29.2 Å². The molecule has 0 aliphatic rings. The molecule has 1 amide bonds. The molecule has 4 nitrogen and oxygen atoms in total. The lowest BCUT2D eigenvalue weighted by molar-refractivity contribution is -0.131. The lowest BCUT2D eigenvalue weighted by atomic mass is 10.1. The van der Waals surface area contributed by atoms with E-state index in [1.165, 1.54) is 12.1 Å². The van der Waals surface area contributed by atoms with Gasteiger partial charge in [0.1, 0.15) is 0 Å². The number of carbonyl (C=O) groups excluding carboxylic acids is 1. The average Bonchev–Trinajstić information content (AvgIpc) is 2.41. The zero-order chi connectivity index (χ0) is 15.2. The minimum absolute atomic E-state index is 0.0791. The van der Waals surface area contributed by atoms with Crippen LogP contribution >= 0.6 is 10.7 Å². The highest BCUT2D eigenvalue weighted by molar-refractivity contribution is 8.13. The summed E-state index contributed by atoms with van der Waals surface area (Å²) in [7, 11) is 1.57. The molecule has 0 saturated carbocycles. The number of carbonyl (C=O) groups is 1. The molecular weight excluding hydrogens is 298 g/mol. The fourth-order valence-corrected chi connectivity index (χ4v) is 2.73. The van der Waals surface area contributed by atoms with Gasteiger partial charge in [-0.3, -0.25) is 4.79 Å². The summed E-state index contributed by atoms with van der Waals surface area (Å²) in [5, 5.41) is 0. The van der Waals surface area contributed by atoms with Crippen LogP contribution in [0.5, 0.6) is 0 Å². The van der Waals surface area contributed by atoms with Crippen molar-refractivity contribution in [3.63, 3.8) is 0 Å².